The first-order valence-electron chi connectivity index (χ1n) is 6.89. The Morgan fingerprint density at radius 3 is 2.50 bits per heavy atom. The molecule has 0 aliphatic rings. The van der Waals surface area contributed by atoms with Crippen molar-refractivity contribution >= 4 is 0 Å². The van der Waals surface area contributed by atoms with Gasteiger partial charge in [0, 0.05) is 12.4 Å². The number of halogens is 1. The first kappa shape index (κ1) is 14.6. The van der Waals surface area contributed by atoms with Gasteiger partial charge in [-0.25, -0.2) is 14.4 Å². The van der Waals surface area contributed by atoms with Crippen molar-refractivity contribution in [1.82, 2.24) is 15.3 Å². The maximum Gasteiger partial charge on any atom is 0.149 e. The van der Waals surface area contributed by atoms with Crippen LogP contribution in [0.1, 0.15) is 41.9 Å². The lowest BCUT2D eigenvalue weighted by molar-refractivity contribution is 0.561. The molecule has 1 heterocycles. The number of nitrogens with one attached hydrogen (secondary N) is 1. The molecule has 1 unspecified atom stereocenters. The summed E-state index contributed by atoms with van der Waals surface area (Å²) in [6.07, 6.45) is 4.57. The van der Waals surface area contributed by atoms with Crippen LogP contribution in [-0.4, -0.2) is 16.5 Å². The highest BCUT2D eigenvalue weighted by Gasteiger charge is 2.17. The van der Waals surface area contributed by atoms with E-state index in [0.717, 1.165) is 24.1 Å². The smallest absolute Gasteiger partial charge is 0.149 e. The van der Waals surface area contributed by atoms with Crippen molar-refractivity contribution in [2.45, 2.75) is 33.2 Å². The molecule has 0 amide bonds. The summed E-state index contributed by atoms with van der Waals surface area (Å²) in [5.41, 5.74) is 2.51. The lowest BCUT2D eigenvalue weighted by Crippen LogP contribution is -2.25. The molecule has 1 aromatic carbocycles. The monoisotopic (exact) mass is 273 g/mol. The summed E-state index contributed by atoms with van der Waals surface area (Å²) in [5.74, 6) is 0.477. The highest BCUT2D eigenvalue weighted by molar-refractivity contribution is 5.29. The van der Waals surface area contributed by atoms with E-state index in [4.69, 9.17) is 0 Å². The first-order chi connectivity index (χ1) is 9.61. The van der Waals surface area contributed by atoms with Crippen molar-refractivity contribution in [3.05, 3.63) is 58.9 Å². The zero-order valence-corrected chi connectivity index (χ0v) is 12.2. The molecule has 1 aromatic heterocycles. The van der Waals surface area contributed by atoms with Crippen molar-refractivity contribution in [3.63, 3.8) is 0 Å². The number of aromatic nitrogens is 2. The van der Waals surface area contributed by atoms with Crippen LogP contribution in [0.4, 0.5) is 4.39 Å². The molecule has 0 aliphatic heterocycles. The second-order valence-corrected chi connectivity index (χ2v) is 5.01. The maximum atomic E-state index is 13.8. The molecule has 0 radical (unpaired) electrons. The molecule has 106 valence electrons. The molecule has 2 aromatic rings. The van der Waals surface area contributed by atoms with Gasteiger partial charge < -0.3 is 5.32 Å². The van der Waals surface area contributed by atoms with E-state index >= 15 is 0 Å². The molecule has 1 atom stereocenters. The van der Waals surface area contributed by atoms with Gasteiger partial charge in [-0.3, -0.25) is 0 Å². The highest BCUT2D eigenvalue weighted by atomic mass is 19.1. The average Bonchev–Trinajstić information content (AvgIpc) is 2.45. The lowest BCUT2D eigenvalue weighted by atomic mass is 10.0. The van der Waals surface area contributed by atoms with Crippen molar-refractivity contribution in [1.29, 1.82) is 0 Å². The van der Waals surface area contributed by atoms with E-state index in [1.165, 1.54) is 0 Å². The summed E-state index contributed by atoms with van der Waals surface area (Å²) >= 11 is 0. The van der Waals surface area contributed by atoms with Crippen LogP contribution in [0.25, 0.3) is 0 Å². The highest BCUT2D eigenvalue weighted by Crippen LogP contribution is 2.21. The zero-order chi connectivity index (χ0) is 14.5. The molecule has 0 saturated carbocycles. The van der Waals surface area contributed by atoms with Crippen molar-refractivity contribution in [2.75, 3.05) is 6.54 Å². The molecule has 0 fully saturated rings. The summed E-state index contributed by atoms with van der Waals surface area (Å²) in [5, 5.41) is 3.38. The third-order valence-electron chi connectivity index (χ3n) is 3.19. The fraction of sp³-hybridized carbons (Fsp3) is 0.375. The van der Waals surface area contributed by atoms with E-state index < -0.39 is 0 Å². The number of rotatable bonds is 5. The molecule has 3 nitrogen and oxygen atoms in total. The quantitative estimate of drug-likeness (QED) is 0.908. The van der Waals surface area contributed by atoms with Gasteiger partial charge in [-0.05, 0) is 49.6 Å². The minimum Gasteiger partial charge on any atom is -0.304 e. The molecule has 1 N–H and O–H groups in total. The molecule has 2 rings (SSSR count). The predicted octanol–water partition coefficient (Wildman–Crippen LogP) is 3.32. The first-order valence-corrected chi connectivity index (χ1v) is 6.89. The van der Waals surface area contributed by atoms with Crippen molar-refractivity contribution in [3.8, 4) is 0 Å². The Kier molecular flexibility index (Phi) is 4.79. The molecule has 0 aliphatic carbocycles. The second-order valence-electron chi connectivity index (χ2n) is 5.01. The SMILES string of the molecule is CCCNC(c1ccc(C)c(F)c1)c1ncc(C)cn1. The van der Waals surface area contributed by atoms with Gasteiger partial charge in [-0.1, -0.05) is 19.1 Å². The Bertz CT molecular complexity index is 566. The fourth-order valence-electron chi connectivity index (χ4n) is 1.99. The van der Waals surface area contributed by atoms with Crippen LogP contribution in [0.2, 0.25) is 0 Å². The number of hydrogen-bond acceptors (Lipinski definition) is 3. The minimum absolute atomic E-state index is 0.175. The van der Waals surface area contributed by atoms with E-state index in [9.17, 15) is 4.39 Å². The van der Waals surface area contributed by atoms with Gasteiger partial charge in [-0.2, -0.15) is 0 Å². The van der Waals surface area contributed by atoms with Gasteiger partial charge in [0.1, 0.15) is 11.6 Å². The van der Waals surface area contributed by atoms with E-state index in [1.54, 1.807) is 31.5 Å². The third-order valence-corrected chi connectivity index (χ3v) is 3.19. The Labute approximate surface area is 119 Å². The fourth-order valence-corrected chi connectivity index (χ4v) is 1.99. The standard InChI is InChI=1S/C16H20FN3/c1-4-7-18-15(16-19-9-11(2)10-20-16)13-6-5-12(3)14(17)8-13/h5-6,8-10,15,18H,4,7H2,1-3H3. The van der Waals surface area contributed by atoms with Crippen molar-refractivity contribution in [2.24, 2.45) is 0 Å². The van der Waals surface area contributed by atoms with Crippen LogP contribution in [0.15, 0.2) is 30.6 Å². The zero-order valence-electron chi connectivity index (χ0n) is 12.2. The van der Waals surface area contributed by atoms with Gasteiger partial charge in [0.15, 0.2) is 0 Å². The summed E-state index contributed by atoms with van der Waals surface area (Å²) < 4.78 is 13.8. The summed E-state index contributed by atoms with van der Waals surface area (Å²) in [7, 11) is 0. The Morgan fingerprint density at radius 2 is 1.90 bits per heavy atom. The number of nitrogens with zero attached hydrogens (tertiary/aromatic N) is 2. The molecule has 0 bridgehead atoms. The third kappa shape index (κ3) is 3.39. The summed E-state index contributed by atoms with van der Waals surface area (Å²) in [6.45, 7) is 6.63. The molecule has 0 saturated heterocycles. The van der Waals surface area contributed by atoms with Gasteiger partial charge in [-0.15, -0.1) is 0 Å². The van der Waals surface area contributed by atoms with E-state index in [1.807, 2.05) is 13.0 Å². The minimum atomic E-state index is -0.196. The molecule has 4 heteroatoms. The van der Waals surface area contributed by atoms with Crippen LogP contribution in [-0.2, 0) is 0 Å². The van der Waals surface area contributed by atoms with Crippen LogP contribution in [0.3, 0.4) is 0 Å². The van der Waals surface area contributed by atoms with Gasteiger partial charge in [0.25, 0.3) is 0 Å². The number of aryl methyl sites for hydroxylation is 2. The normalized spacial score (nSPS) is 12.4. The van der Waals surface area contributed by atoms with Gasteiger partial charge in [0.2, 0.25) is 0 Å². The molecule has 20 heavy (non-hydrogen) atoms. The molecular formula is C16H20FN3. The Hall–Kier alpha value is -1.81. The number of benzene rings is 1. The summed E-state index contributed by atoms with van der Waals surface area (Å²) in [6, 6.07) is 5.10. The summed E-state index contributed by atoms with van der Waals surface area (Å²) in [4.78, 5) is 8.73. The van der Waals surface area contributed by atoms with Crippen molar-refractivity contribution < 1.29 is 4.39 Å². The topological polar surface area (TPSA) is 37.8 Å². The van der Waals surface area contributed by atoms with E-state index in [0.29, 0.717) is 11.4 Å². The van der Waals surface area contributed by atoms with Crippen LogP contribution in [0, 0.1) is 19.7 Å². The predicted molar refractivity (Wildman–Crippen MR) is 78.0 cm³/mol. The Balaban J connectivity index is 2.35. The van der Waals surface area contributed by atoms with Crippen LogP contribution < -0.4 is 5.32 Å². The van der Waals surface area contributed by atoms with Crippen LogP contribution >= 0.6 is 0 Å². The average molecular weight is 273 g/mol. The second kappa shape index (κ2) is 6.57. The van der Waals surface area contributed by atoms with Crippen LogP contribution in [0.5, 0.6) is 0 Å². The Morgan fingerprint density at radius 1 is 1.20 bits per heavy atom. The molecule has 0 spiro atoms. The maximum absolute atomic E-state index is 13.8. The van der Waals surface area contributed by atoms with Gasteiger partial charge >= 0.3 is 0 Å². The van der Waals surface area contributed by atoms with E-state index in [-0.39, 0.29) is 11.9 Å². The number of hydrogen-bond donors (Lipinski definition) is 1. The lowest BCUT2D eigenvalue weighted by Gasteiger charge is -2.18. The largest absolute Gasteiger partial charge is 0.304 e. The van der Waals surface area contributed by atoms with Gasteiger partial charge in [0.05, 0.1) is 6.04 Å². The molecular weight excluding hydrogens is 253 g/mol. The van der Waals surface area contributed by atoms with E-state index in [2.05, 4.69) is 22.2 Å².